The maximum Gasteiger partial charge on any atom is 0.332 e. The summed E-state index contributed by atoms with van der Waals surface area (Å²) in [5, 5.41) is 3.20. The van der Waals surface area contributed by atoms with Crippen LogP contribution in [0.5, 0.6) is 0 Å². The number of hydrogen-bond acceptors (Lipinski definition) is 5. The number of carbonyl (C=O) groups excluding carboxylic acids is 1. The van der Waals surface area contributed by atoms with Crippen LogP contribution in [0.15, 0.2) is 15.9 Å². The summed E-state index contributed by atoms with van der Waals surface area (Å²) in [6.45, 7) is 3.68. The van der Waals surface area contributed by atoms with Crippen LogP contribution in [-0.2, 0) is 25.4 Å². The number of piperazine rings is 1. The Bertz CT molecular complexity index is 877. The van der Waals surface area contributed by atoms with Gasteiger partial charge in [0, 0.05) is 39.8 Å². The van der Waals surface area contributed by atoms with E-state index < -0.39 is 11.2 Å². The lowest BCUT2D eigenvalue weighted by Crippen LogP contribution is -2.54. The smallest absolute Gasteiger partial charge is 0.332 e. The molecular formula is C14H20N6O3. The van der Waals surface area contributed by atoms with E-state index >= 15 is 0 Å². The van der Waals surface area contributed by atoms with Crippen LogP contribution in [-0.4, -0.2) is 55.2 Å². The summed E-state index contributed by atoms with van der Waals surface area (Å²) in [4.78, 5) is 43.3. The zero-order valence-electron chi connectivity index (χ0n) is 13.4. The second-order valence-corrected chi connectivity index (χ2v) is 5.90. The predicted molar refractivity (Wildman–Crippen MR) is 84.3 cm³/mol. The second kappa shape index (κ2) is 5.65. The van der Waals surface area contributed by atoms with Gasteiger partial charge < -0.3 is 14.8 Å². The molecule has 0 radical (unpaired) electrons. The first-order valence-electron chi connectivity index (χ1n) is 7.53. The largest absolute Gasteiger partial charge is 0.336 e. The van der Waals surface area contributed by atoms with Crippen LogP contribution in [0.3, 0.4) is 0 Å². The van der Waals surface area contributed by atoms with Crippen LogP contribution >= 0.6 is 0 Å². The Balaban J connectivity index is 2.03. The van der Waals surface area contributed by atoms with Gasteiger partial charge in [0.2, 0.25) is 5.91 Å². The van der Waals surface area contributed by atoms with E-state index in [0.29, 0.717) is 30.8 Å². The minimum Gasteiger partial charge on any atom is -0.336 e. The summed E-state index contributed by atoms with van der Waals surface area (Å²) in [6.07, 6.45) is 1.48. The van der Waals surface area contributed by atoms with E-state index in [0.717, 1.165) is 4.57 Å². The average molecular weight is 320 g/mol. The van der Waals surface area contributed by atoms with Gasteiger partial charge in [0.1, 0.15) is 6.54 Å². The molecule has 124 valence electrons. The van der Waals surface area contributed by atoms with Crippen molar-refractivity contribution in [1.82, 2.24) is 28.9 Å². The number of imidazole rings is 1. The van der Waals surface area contributed by atoms with Gasteiger partial charge in [-0.1, -0.05) is 0 Å². The molecule has 1 N–H and O–H groups in total. The van der Waals surface area contributed by atoms with Gasteiger partial charge in [-0.3, -0.25) is 14.2 Å². The quantitative estimate of drug-likeness (QED) is 0.708. The van der Waals surface area contributed by atoms with Gasteiger partial charge in [-0.15, -0.1) is 0 Å². The summed E-state index contributed by atoms with van der Waals surface area (Å²) >= 11 is 0. The van der Waals surface area contributed by atoms with E-state index in [2.05, 4.69) is 10.3 Å². The third kappa shape index (κ3) is 2.46. The minimum absolute atomic E-state index is 0.0382. The first-order valence-corrected chi connectivity index (χ1v) is 7.53. The van der Waals surface area contributed by atoms with Gasteiger partial charge in [-0.05, 0) is 6.92 Å². The van der Waals surface area contributed by atoms with Crippen LogP contribution < -0.4 is 16.6 Å². The van der Waals surface area contributed by atoms with Crippen LogP contribution in [0.4, 0.5) is 0 Å². The number of amides is 1. The van der Waals surface area contributed by atoms with Gasteiger partial charge in [0.15, 0.2) is 11.2 Å². The van der Waals surface area contributed by atoms with Crippen molar-refractivity contribution in [3.63, 3.8) is 0 Å². The highest BCUT2D eigenvalue weighted by atomic mass is 16.2. The first-order chi connectivity index (χ1) is 10.9. The van der Waals surface area contributed by atoms with Crippen molar-refractivity contribution in [2.75, 3.05) is 19.6 Å². The second-order valence-electron chi connectivity index (χ2n) is 5.90. The molecule has 0 aliphatic carbocycles. The summed E-state index contributed by atoms with van der Waals surface area (Å²) < 4.78 is 3.85. The molecule has 23 heavy (non-hydrogen) atoms. The van der Waals surface area contributed by atoms with Gasteiger partial charge >= 0.3 is 5.69 Å². The molecule has 2 aromatic heterocycles. The maximum absolute atomic E-state index is 12.6. The molecule has 0 saturated carbocycles. The lowest BCUT2D eigenvalue weighted by atomic mass is 10.2. The van der Waals surface area contributed by atoms with Gasteiger partial charge in [-0.25, -0.2) is 14.3 Å². The number of rotatable bonds is 2. The Labute approximate surface area is 132 Å². The maximum atomic E-state index is 12.6. The topological polar surface area (TPSA) is 94.2 Å². The van der Waals surface area contributed by atoms with Crippen molar-refractivity contribution in [2.45, 2.75) is 19.5 Å². The molecular weight excluding hydrogens is 300 g/mol. The number of carbonyl (C=O) groups is 1. The van der Waals surface area contributed by atoms with Crippen LogP contribution in [0.1, 0.15) is 6.92 Å². The summed E-state index contributed by atoms with van der Waals surface area (Å²) in [6, 6.07) is 0.0382. The Morgan fingerprint density at radius 1 is 1.39 bits per heavy atom. The van der Waals surface area contributed by atoms with Crippen molar-refractivity contribution >= 4 is 17.1 Å². The zero-order valence-corrected chi connectivity index (χ0v) is 13.4. The Morgan fingerprint density at radius 3 is 2.83 bits per heavy atom. The molecule has 0 unspecified atom stereocenters. The molecule has 3 rings (SSSR count). The third-order valence-corrected chi connectivity index (χ3v) is 4.32. The fraction of sp³-hybridized carbons (Fsp3) is 0.571. The molecule has 9 heteroatoms. The normalized spacial score (nSPS) is 18.6. The summed E-state index contributed by atoms with van der Waals surface area (Å²) in [5.74, 6) is -0.222. The highest BCUT2D eigenvalue weighted by Crippen LogP contribution is 2.05. The standard InChI is InChI=1S/C14H20N6O3/c1-9-6-15-4-5-19(9)10(21)7-20-13(22)11-12(16-8-17(11)2)18(3)14(20)23/h8-9,15H,4-7H2,1-3H3/t9-/m0/s1. The van der Waals surface area contributed by atoms with E-state index in [-0.39, 0.29) is 18.5 Å². The van der Waals surface area contributed by atoms with E-state index in [9.17, 15) is 14.4 Å². The number of aromatic nitrogens is 4. The average Bonchev–Trinajstić information content (AvgIpc) is 2.91. The molecule has 2 aromatic rings. The SMILES string of the molecule is C[C@H]1CNCCN1C(=O)Cn1c(=O)c2c(ncn2C)n(C)c1=O. The van der Waals surface area contributed by atoms with E-state index in [4.69, 9.17) is 0 Å². The molecule has 1 atom stereocenters. The van der Waals surface area contributed by atoms with E-state index in [1.807, 2.05) is 6.92 Å². The molecule has 1 aliphatic rings. The third-order valence-electron chi connectivity index (χ3n) is 4.32. The predicted octanol–water partition coefficient (Wildman–Crippen LogP) is -1.75. The Kier molecular flexibility index (Phi) is 3.80. The number of hydrogen-bond donors (Lipinski definition) is 1. The molecule has 9 nitrogen and oxygen atoms in total. The monoisotopic (exact) mass is 320 g/mol. The van der Waals surface area contributed by atoms with Gasteiger partial charge in [-0.2, -0.15) is 0 Å². The number of nitrogens with zero attached hydrogens (tertiary/aromatic N) is 5. The van der Waals surface area contributed by atoms with Crippen molar-refractivity contribution in [3.05, 3.63) is 27.2 Å². The molecule has 1 saturated heterocycles. The molecule has 0 spiro atoms. The Hall–Kier alpha value is -2.42. The molecule has 3 heterocycles. The lowest BCUT2D eigenvalue weighted by Gasteiger charge is -2.34. The van der Waals surface area contributed by atoms with E-state index in [1.165, 1.54) is 10.9 Å². The summed E-state index contributed by atoms with van der Waals surface area (Å²) in [5.41, 5.74) is -0.383. The van der Waals surface area contributed by atoms with Crippen molar-refractivity contribution in [1.29, 1.82) is 0 Å². The first kappa shape index (κ1) is 15.5. The van der Waals surface area contributed by atoms with E-state index in [1.54, 1.807) is 23.6 Å². The van der Waals surface area contributed by atoms with Crippen molar-refractivity contribution in [2.24, 2.45) is 14.1 Å². The Morgan fingerprint density at radius 2 is 2.13 bits per heavy atom. The molecule has 0 bridgehead atoms. The molecule has 1 fully saturated rings. The molecule has 0 aromatic carbocycles. The van der Waals surface area contributed by atoms with Gasteiger partial charge in [0.25, 0.3) is 5.56 Å². The fourth-order valence-electron chi connectivity index (χ4n) is 2.97. The highest BCUT2D eigenvalue weighted by molar-refractivity contribution is 5.77. The van der Waals surface area contributed by atoms with Crippen LogP contribution in [0, 0.1) is 0 Å². The molecule has 1 amide bonds. The van der Waals surface area contributed by atoms with Crippen LogP contribution in [0.2, 0.25) is 0 Å². The lowest BCUT2D eigenvalue weighted by molar-refractivity contribution is -0.134. The minimum atomic E-state index is -0.530. The summed E-state index contributed by atoms with van der Waals surface area (Å²) in [7, 11) is 3.23. The van der Waals surface area contributed by atoms with Crippen LogP contribution in [0.25, 0.3) is 11.2 Å². The van der Waals surface area contributed by atoms with Crippen molar-refractivity contribution < 1.29 is 4.79 Å². The van der Waals surface area contributed by atoms with Gasteiger partial charge in [0.05, 0.1) is 6.33 Å². The number of nitrogens with one attached hydrogen (secondary N) is 1. The van der Waals surface area contributed by atoms with Crippen molar-refractivity contribution in [3.8, 4) is 0 Å². The zero-order chi connectivity index (χ0) is 16.7. The molecule has 1 aliphatic heterocycles. The highest BCUT2D eigenvalue weighted by Gasteiger charge is 2.25. The number of aryl methyl sites for hydroxylation is 2. The number of fused-ring (bicyclic) bond motifs is 1. The fourth-order valence-corrected chi connectivity index (χ4v) is 2.97.